The summed E-state index contributed by atoms with van der Waals surface area (Å²) in [6.07, 6.45) is 0.643. The number of rotatable bonds is 6. The maximum absolute atomic E-state index is 12.6. The monoisotopic (exact) mass is 429 g/mol. The summed E-state index contributed by atoms with van der Waals surface area (Å²) in [6, 6.07) is 12.0. The minimum absolute atomic E-state index is 0.0152. The Kier molecular flexibility index (Phi) is 7.50. The van der Waals surface area contributed by atoms with Crippen LogP contribution in [-0.4, -0.2) is 66.7 Å². The van der Waals surface area contributed by atoms with Crippen molar-refractivity contribution in [1.29, 1.82) is 0 Å². The first-order valence-electron chi connectivity index (χ1n) is 10.4. The molecule has 0 aliphatic carbocycles. The van der Waals surface area contributed by atoms with Crippen LogP contribution in [0, 0.1) is 0 Å². The van der Waals surface area contributed by atoms with Gasteiger partial charge in [-0.25, -0.2) is 4.79 Å². The molecule has 1 aliphatic rings. The highest BCUT2D eigenvalue weighted by Crippen LogP contribution is 2.28. The second-order valence-corrected chi connectivity index (χ2v) is 9.36. The van der Waals surface area contributed by atoms with Crippen LogP contribution in [0.4, 0.5) is 4.79 Å². The maximum Gasteiger partial charge on any atom is 0.410 e. The quantitative estimate of drug-likeness (QED) is 0.703. The van der Waals surface area contributed by atoms with Gasteiger partial charge in [0.15, 0.2) is 0 Å². The summed E-state index contributed by atoms with van der Waals surface area (Å²) in [4.78, 5) is 29.6. The number of ether oxygens (including phenoxy) is 1. The molecule has 0 unspecified atom stereocenters. The van der Waals surface area contributed by atoms with E-state index in [1.54, 1.807) is 4.90 Å². The van der Waals surface area contributed by atoms with E-state index in [0.29, 0.717) is 19.6 Å². The number of benzene rings is 1. The average Bonchev–Trinajstić information content (AvgIpc) is 3.21. The number of carbonyl (C=O) groups is 2. The van der Waals surface area contributed by atoms with Gasteiger partial charge < -0.3 is 15.0 Å². The van der Waals surface area contributed by atoms with Gasteiger partial charge in [0, 0.05) is 38.3 Å². The van der Waals surface area contributed by atoms with E-state index in [-0.39, 0.29) is 12.0 Å². The lowest BCUT2D eigenvalue weighted by molar-refractivity contribution is 0.0144. The molecule has 0 atom stereocenters. The van der Waals surface area contributed by atoms with Crippen LogP contribution < -0.4 is 5.32 Å². The van der Waals surface area contributed by atoms with Gasteiger partial charge in [0.2, 0.25) is 0 Å². The third kappa shape index (κ3) is 6.31. The van der Waals surface area contributed by atoms with Gasteiger partial charge >= 0.3 is 6.09 Å². The summed E-state index contributed by atoms with van der Waals surface area (Å²) in [5.41, 5.74) is 1.58. The molecular formula is C23H31N3O3S. The lowest BCUT2D eigenvalue weighted by atomic mass is 10.1. The first-order chi connectivity index (χ1) is 14.3. The van der Waals surface area contributed by atoms with Crippen molar-refractivity contribution in [1.82, 2.24) is 15.1 Å². The first-order valence-corrected chi connectivity index (χ1v) is 11.3. The van der Waals surface area contributed by atoms with Crippen LogP contribution in [0.15, 0.2) is 41.8 Å². The van der Waals surface area contributed by atoms with Crippen molar-refractivity contribution >= 4 is 23.3 Å². The lowest BCUT2D eigenvalue weighted by Gasteiger charge is -2.35. The molecule has 6 nitrogen and oxygen atoms in total. The summed E-state index contributed by atoms with van der Waals surface area (Å²) in [6.45, 7) is 10.2. The standard InChI is InChI=1S/C23H31N3O3S/c1-23(2,3)29-22(28)26-15-13-25(14-16-26)12-7-11-24-21(27)20-19(10-17-30-20)18-8-5-4-6-9-18/h4-6,8-10,17H,7,11-16H2,1-3H3,(H,24,27). The highest BCUT2D eigenvalue weighted by Gasteiger charge is 2.25. The Morgan fingerprint density at radius 1 is 1.07 bits per heavy atom. The van der Waals surface area contributed by atoms with E-state index in [0.717, 1.165) is 42.1 Å². The summed E-state index contributed by atoms with van der Waals surface area (Å²) < 4.78 is 5.44. The predicted molar refractivity (Wildman–Crippen MR) is 121 cm³/mol. The van der Waals surface area contributed by atoms with Crippen LogP contribution in [0.25, 0.3) is 11.1 Å². The Morgan fingerprint density at radius 2 is 1.77 bits per heavy atom. The average molecular weight is 430 g/mol. The Balaban J connectivity index is 1.38. The maximum atomic E-state index is 12.6. The van der Waals surface area contributed by atoms with Crippen molar-refractivity contribution in [3.8, 4) is 11.1 Å². The van der Waals surface area contributed by atoms with Gasteiger partial charge in [0.25, 0.3) is 5.91 Å². The molecule has 0 saturated carbocycles. The van der Waals surface area contributed by atoms with Crippen molar-refractivity contribution < 1.29 is 14.3 Å². The number of amides is 2. The predicted octanol–water partition coefficient (Wildman–Crippen LogP) is 4.09. The van der Waals surface area contributed by atoms with Crippen molar-refractivity contribution in [3.63, 3.8) is 0 Å². The highest BCUT2D eigenvalue weighted by atomic mass is 32.1. The van der Waals surface area contributed by atoms with Crippen LogP contribution in [0.5, 0.6) is 0 Å². The number of thiophene rings is 1. The minimum Gasteiger partial charge on any atom is -0.444 e. The van der Waals surface area contributed by atoms with Crippen molar-refractivity contribution in [3.05, 3.63) is 46.7 Å². The second kappa shape index (κ2) is 10.1. The summed E-state index contributed by atoms with van der Waals surface area (Å²) in [5.74, 6) is -0.0152. The van der Waals surface area contributed by atoms with E-state index in [4.69, 9.17) is 4.74 Å². The van der Waals surface area contributed by atoms with Gasteiger partial charge in [0.1, 0.15) is 5.60 Å². The molecule has 30 heavy (non-hydrogen) atoms. The zero-order chi connectivity index (χ0) is 21.6. The summed E-state index contributed by atoms with van der Waals surface area (Å²) in [5, 5.41) is 5.01. The lowest BCUT2D eigenvalue weighted by Crippen LogP contribution is -2.50. The van der Waals surface area contributed by atoms with Crippen molar-refractivity contribution in [2.45, 2.75) is 32.8 Å². The fourth-order valence-electron chi connectivity index (χ4n) is 3.40. The van der Waals surface area contributed by atoms with E-state index in [2.05, 4.69) is 10.2 Å². The molecule has 2 aromatic rings. The Bertz CT molecular complexity index is 837. The SMILES string of the molecule is CC(C)(C)OC(=O)N1CCN(CCCNC(=O)c2sccc2-c2ccccc2)CC1. The molecule has 0 spiro atoms. The fraction of sp³-hybridized carbons (Fsp3) is 0.478. The topological polar surface area (TPSA) is 61.9 Å². The minimum atomic E-state index is -0.463. The third-order valence-corrected chi connectivity index (χ3v) is 5.83. The molecular weight excluding hydrogens is 398 g/mol. The molecule has 2 heterocycles. The summed E-state index contributed by atoms with van der Waals surface area (Å²) >= 11 is 1.47. The van der Waals surface area contributed by atoms with Crippen LogP contribution >= 0.6 is 11.3 Å². The Morgan fingerprint density at radius 3 is 2.43 bits per heavy atom. The molecule has 3 rings (SSSR count). The van der Waals surface area contributed by atoms with Gasteiger partial charge in [-0.05, 0) is 50.7 Å². The number of hydrogen-bond acceptors (Lipinski definition) is 5. The number of hydrogen-bond donors (Lipinski definition) is 1. The molecule has 1 fully saturated rings. The normalized spacial score (nSPS) is 15.1. The zero-order valence-corrected chi connectivity index (χ0v) is 18.8. The number of nitrogens with one attached hydrogen (secondary N) is 1. The highest BCUT2D eigenvalue weighted by molar-refractivity contribution is 7.12. The van der Waals surface area contributed by atoms with Crippen LogP contribution in [0.1, 0.15) is 36.9 Å². The molecule has 1 aromatic heterocycles. The third-order valence-electron chi connectivity index (χ3n) is 4.92. The van der Waals surface area contributed by atoms with E-state index < -0.39 is 5.60 Å². The van der Waals surface area contributed by atoms with Gasteiger partial charge in [0.05, 0.1) is 4.88 Å². The molecule has 2 amide bonds. The zero-order valence-electron chi connectivity index (χ0n) is 18.0. The Hall–Kier alpha value is -2.38. The largest absolute Gasteiger partial charge is 0.444 e. The van der Waals surface area contributed by atoms with Gasteiger partial charge in [-0.1, -0.05) is 30.3 Å². The van der Waals surface area contributed by atoms with E-state index >= 15 is 0 Å². The molecule has 7 heteroatoms. The molecule has 1 N–H and O–H groups in total. The Labute approximate surface area is 182 Å². The van der Waals surface area contributed by atoms with Crippen molar-refractivity contribution in [2.75, 3.05) is 39.3 Å². The number of piperazine rings is 1. The van der Waals surface area contributed by atoms with Gasteiger partial charge in [-0.15, -0.1) is 11.3 Å². The second-order valence-electron chi connectivity index (χ2n) is 8.45. The molecule has 0 radical (unpaired) electrons. The van der Waals surface area contributed by atoms with Gasteiger partial charge in [-0.3, -0.25) is 9.69 Å². The van der Waals surface area contributed by atoms with Gasteiger partial charge in [-0.2, -0.15) is 0 Å². The van der Waals surface area contributed by atoms with Crippen LogP contribution in [0.2, 0.25) is 0 Å². The smallest absolute Gasteiger partial charge is 0.410 e. The molecule has 1 aliphatic heterocycles. The number of nitrogens with zero attached hydrogens (tertiary/aromatic N) is 2. The van der Waals surface area contributed by atoms with Crippen molar-refractivity contribution in [2.24, 2.45) is 0 Å². The fourth-order valence-corrected chi connectivity index (χ4v) is 4.23. The first kappa shape index (κ1) is 22.3. The molecule has 1 saturated heterocycles. The molecule has 162 valence electrons. The number of carbonyl (C=O) groups excluding carboxylic acids is 2. The van der Waals surface area contributed by atoms with E-state index in [1.165, 1.54) is 11.3 Å². The molecule has 1 aromatic carbocycles. The van der Waals surface area contributed by atoms with Crippen LogP contribution in [0.3, 0.4) is 0 Å². The van der Waals surface area contributed by atoms with E-state index in [1.807, 2.05) is 62.5 Å². The van der Waals surface area contributed by atoms with Crippen LogP contribution in [-0.2, 0) is 4.74 Å². The van der Waals surface area contributed by atoms with E-state index in [9.17, 15) is 9.59 Å². The molecule has 0 bridgehead atoms. The summed E-state index contributed by atoms with van der Waals surface area (Å²) in [7, 11) is 0.